The maximum atomic E-state index is 12.9. The third-order valence-electron chi connectivity index (χ3n) is 5.92. The van der Waals surface area contributed by atoms with Crippen LogP contribution in [0.15, 0.2) is 29.1 Å². The molecule has 2 bridgehead atoms. The third-order valence-corrected chi connectivity index (χ3v) is 5.92. The van der Waals surface area contributed by atoms with Crippen molar-refractivity contribution >= 4 is 17.1 Å². The van der Waals surface area contributed by atoms with Gasteiger partial charge in [-0.3, -0.25) is 4.57 Å². The maximum absolute atomic E-state index is 12.9. The molecule has 1 N–H and O–H groups in total. The summed E-state index contributed by atoms with van der Waals surface area (Å²) in [6.07, 6.45) is 4.35. The van der Waals surface area contributed by atoms with Crippen LogP contribution in [0, 0.1) is 0 Å². The number of fused-ring (bicyclic) bond motifs is 3. The SMILES string of the molecule is CC(C)n1c(=O)n(C(=O)NC2C[C@H]3CC[C@@H](C2)N3C)c2ccccc21.[Cl-]. The first-order valence-corrected chi connectivity index (χ1v) is 9.22. The summed E-state index contributed by atoms with van der Waals surface area (Å²) < 4.78 is 2.99. The lowest BCUT2D eigenvalue weighted by atomic mass is 9.98. The van der Waals surface area contributed by atoms with E-state index in [1.165, 1.54) is 17.4 Å². The summed E-state index contributed by atoms with van der Waals surface area (Å²) in [5.41, 5.74) is 1.22. The Morgan fingerprint density at radius 2 is 1.69 bits per heavy atom. The number of piperidine rings is 1. The van der Waals surface area contributed by atoms with Crippen LogP contribution in [-0.4, -0.2) is 45.2 Å². The third kappa shape index (κ3) is 2.95. The quantitative estimate of drug-likeness (QED) is 0.772. The zero-order valence-electron chi connectivity index (χ0n) is 15.5. The zero-order chi connectivity index (χ0) is 17.7. The van der Waals surface area contributed by atoms with Crippen molar-refractivity contribution in [1.82, 2.24) is 19.4 Å². The molecule has 26 heavy (non-hydrogen) atoms. The molecule has 3 heterocycles. The molecule has 6 nitrogen and oxygen atoms in total. The minimum absolute atomic E-state index is 0. The van der Waals surface area contributed by atoms with E-state index < -0.39 is 0 Å². The molecule has 3 atom stereocenters. The summed E-state index contributed by atoms with van der Waals surface area (Å²) in [4.78, 5) is 28.2. The molecule has 4 rings (SSSR count). The molecule has 1 aromatic heterocycles. The molecule has 0 aliphatic carbocycles. The van der Waals surface area contributed by atoms with E-state index in [0.29, 0.717) is 17.6 Å². The minimum Gasteiger partial charge on any atom is -1.00 e. The normalized spacial score (nSPS) is 25.5. The molecule has 0 saturated carbocycles. The van der Waals surface area contributed by atoms with E-state index in [2.05, 4.69) is 17.3 Å². The van der Waals surface area contributed by atoms with E-state index in [9.17, 15) is 9.59 Å². The van der Waals surface area contributed by atoms with E-state index in [1.54, 1.807) is 4.57 Å². The summed E-state index contributed by atoms with van der Waals surface area (Å²) in [6, 6.07) is 8.47. The lowest BCUT2D eigenvalue weighted by Gasteiger charge is -2.36. The van der Waals surface area contributed by atoms with Crippen molar-refractivity contribution in [3.8, 4) is 0 Å². The van der Waals surface area contributed by atoms with Crippen LogP contribution in [0.25, 0.3) is 11.0 Å². The van der Waals surface area contributed by atoms with Gasteiger partial charge in [-0.25, -0.2) is 14.2 Å². The van der Waals surface area contributed by atoms with E-state index in [1.807, 2.05) is 38.1 Å². The molecule has 0 radical (unpaired) electrons. The van der Waals surface area contributed by atoms with Crippen molar-refractivity contribution < 1.29 is 17.2 Å². The number of imidazole rings is 1. The highest BCUT2D eigenvalue weighted by Crippen LogP contribution is 2.34. The Labute approximate surface area is 159 Å². The van der Waals surface area contributed by atoms with Gasteiger partial charge in [0.05, 0.1) is 11.0 Å². The van der Waals surface area contributed by atoms with Crippen LogP contribution >= 0.6 is 0 Å². The molecular weight excluding hydrogens is 352 g/mol. The molecule has 2 saturated heterocycles. The Hall–Kier alpha value is -1.79. The van der Waals surface area contributed by atoms with Crippen molar-refractivity contribution in [2.45, 2.75) is 63.7 Å². The van der Waals surface area contributed by atoms with Gasteiger partial charge in [-0.05, 0) is 58.7 Å². The van der Waals surface area contributed by atoms with Crippen molar-refractivity contribution in [2.24, 2.45) is 0 Å². The molecule has 1 amide bonds. The Morgan fingerprint density at radius 1 is 1.12 bits per heavy atom. The zero-order valence-corrected chi connectivity index (χ0v) is 16.2. The van der Waals surface area contributed by atoms with Crippen molar-refractivity contribution in [2.75, 3.05) is 7.05 Å². The van der Waals surface area contributed by atoms with Gasteiger partial charge in [-0.1, -0.05) is 12.1 Å². The fourth-order valence-corrected chi connectivity index (χ4v) is 4.63. The van der Waals surface area contributed by atoms with Crippen LogP contribution in [0.2, 0.25) is 0 Å². The molecular formula is C19H26ClN4O2-. The van der Waals surface area contributed by atoms with Gasteiger partial charge in [-0.2, -0.15) is 0 Å². The maximum Gasteiger partial charge on any atom is 0.337 e. The summed E-state index contributed by atoms with van der Waals surface area (Å²) >= 11 is 0. The predicted molar refractivity (Wildman–Crippen MR) is 98.1 cm³/mol. The number of carbonyl (C=O) groups is 1. The molecule has 1 aromatic carbocycles. The second-order valence-electron chi connectivity index (χ2n) is 7.74. The summed E-state index contributed by atoms with van der Waals surface area (Å²) in [5.74, 6) is 0. The predicted octanol–water partition coefficient (Wildman–Crippen LogP) is -0.429. The summed E-state index contributed by atoms with van der Waals surface area (Å²) in [7, 11) is 2.18. The number of nitrogens with zero attached hydrogens (tertiary/aromatic N) is 3. The highest BCUT2D eigenvalue weighted by Gasteiger charge is 2.39. The van der Waals surface area contributed by atoms with Crippen LogP contribution < -0.4 is 23.4 Å². The van der Waals surface area contributed by atoms with Gasteiger partial charge in [0.15, 0.2) is 0 Å². The lowest BCUT2D eigenvalue weighted by Crippen LogP contribution is -3.00. The molecule has 2 aromatic rings. The molecule has 2 fully saturated rings. The fraction of sp³-hybridized carbons (Fsp3) is 0.579. The number of hydrogen-bond donors (Lipinski definition) is 1. The summed E-state index contributed by atoms with van der Waals surface area (Å²) in [5, 5.41) is 3.13. The van der Waals surface area contributed by atoms with Crippen molar-refractivity contribution in [3.05, 3.63) is 34.7 Å². The average Bonchev–Trinajstić information content (AvgIpc) is 2.95. The van der Waals surface area contributed by atoms with E-state index in [-0.39, 0.29) is 36.2 Å². The Bertz CT molecular complexity index is 858. The molecule has 142 valence electrons. The van der Waals surface area contributed by atoms with Gasteiger partial charge in [-0.15, -0.1) is 0 Å². The lowest BCUT2D eigenvalue weighted by molar-refractivity contribution is -0.00000958. The molecule has 7 heteroatoms. The van der Waals surface area contributed by atoms with Crippen molar-refractivity contribution in [3.63, 3.8) is 0 Å². The largest absolute Gasteiger partial charge is 1.00 e. The number of halogens is 1. The Balaban J connectivity index is 0.00000196. The number of carbonyl (C=O) groups excluding carboxylic acids is 1. The fourth-order valence-electron chi connectivity index (χ4n) is 4.63. The number of rotatable bonds is 2. The van der Waals surface area contributed by atoms with E-state index in [0.717, 1.165) is 18.4 Å². The highest BCUT2D eigenvalue weighted by atomic mass is 35.5. The minimum atomic E-state index is -0.297. The van der Waals surface area contributed by atoms with Crippen LogP contribution in [0.3, 0.4) is 0 Å². The van der Waals surface area contributed by atoms with Gasteiger partial charge in [0.1, 0.15) is 0 Å². The second-order valence-corrected chi connectivity index (χ2v) is 7.74. The molecule has 2 aliphatic heterocycles. The number of hydrogen-bond acceptors (Lipinski definition) is 3. The van der Waals surface area contributed by atoms with Crippen LogP contribution in [-0.2, 0) is 0 Å². The van der Waals surface area contributed by atoms with E-state index in [4.69, 9.17) is 0 Å². The highest BCUT2D eigenvalue weighted by molar-refractivity contribution is 5.89. The number of nitrogens with one attached hydrogen (secondary N) is 1. The topological polar surface area (TPSA) is 59.3 Å². The Kier molecular flexibility index (Phi) is 5.17. The first-order chi connectivity index (χ1) is 12.0. The van der Waals surface area contributed by atoms with Gasteiger partial charge in [0.2, 0.25) is 0 Å². The van der Waals surface area contributed by atoms with Gasteiger partial charge in [0.25, 0.3) is 0 Å². The Morgan fingerprint density at radius 3 is 2.27 bits per heavy atom. The van der Waals surface area contributed by atoms with Crippen LogP contribution in [0.1, 0.15) is 45.6 Å². The van der Waals surface area contributed by atoms with Crippen LogP contribution in [0.5, 0.6) is 0 Å². The van der Waals surface area contributed by atoms with Gasteiger partial charge in [0, 0.05) is 24.2 Å². The van der Waals surface area contributed by atoms with Gasteiger partial charge < -0.3 is 22.6 Å². The number of benzene rings is 1. The van der Waals surface area contributed by atoms with Crippen molar-refractivity contribution in [1.29, 1.82) is 0 Å². The standard InChI is InChI=1S/C19H26N4O2.ClH/c1-12(2)22-16-6-4-5-7-17(16)23(19(22)25)18(24)20-13-10-14-8-9-15(11-13)21(14)3;/h4-7,12-15H,8-11H2,1-3H3,(H,20,24);1H/p-1/t13?,14-,15+;. The first kappa shape index (κ1) is 19.0. The first-order valence-electron chi connectivity index (χ1n) is 9.22. The monoisotopic (exact) mass is 377 g/mol. The average molecular weight is 378 g/mol. The molecule has 2 aliphatic rings. The number of amides is 1. The molecule has 0 spiro atoms. The van der Waals surface area contributed by atoms with E-state index >= 15 is 0 Å². The summed E-state index contributed by atoms with van der Waals surface area (Å²) in [6.45, 7) is 3.93. The number of aromatic nitrogens is 2. The number of para-hydroxylation sites is 2. The van der Waals surface area contributed by atoms with Gasteiger partial charge >= 0.3 is 11.7 Å². The molecule has 1 unspecified atom stereocenters. The smallest absolute Gasteiger partial charge is 0.337 e. The van der Waals surface area contributed by atoms with Crippen LogP contribution in [0.4, 0.5) is 4.79 Å². The second kappa shape index (κ2) is 7.08.